The molecule has 1 aliphatic heterocycles. The van der Waals surface area contributed by atoms with Gasteiger partial charge in [0.05, 0.1) is 6.10 Å². The number of ketones is 1. The van der Waals surface area contributed by atoms with Crippen LogP contribution in [0.1, 0.15) is 55.1 Å². The van der Waals surface area contributed by atoms with E-state index in [0.29, 0.717) is 12.0 Å². The van der Waals surface area contributed by atoms with Crippen molar-refractivity contribution in [2.24, 2.45) is 5.92 Å². The Kier molecular flexibility index (Phi) is 7.70. The van der Waals surface area contributed by atoms with Crippen molar-refractivity contribution in [2.45, 2.75) is 58.3 Å². The first kappa shape index (κ1) is 22.8. The minimum atomic E-state index is -1.91. The van der Waals surface area contributed by atoms with E-state index in [1.54, 1.807) is 13.0 Å². The van der Waals surface area contributed by atoms with Crippen LogP contribution in [0.5, 0.6) is 5.75 Å². The highest BCUT2D eigenvalue weighted by Crippen LogP contribution is 2.28. The molecule has 1 aromatic rings. The highest BCUT2D eigenvalue weighted by Gasteiger charge is 2.29. The molecule has 158 valence electrons. The highest BCUT2D eigenvalue weighted by molar-refractivity contribution is 5.98. The van der Waals surface area contributed by atoms with E-state index in [1.807, 2.05) is 6.92 Å². The summed E-state index contributed by atoms with van der Waals surface area (Å²) in [4.78, 5) is 24.7. The molecular weight excluding hydrogens is 379 g/mol. The monoisotopic (exact) mass is 406 g/mol. The lowest BCUT2D eigenvalue weighted by Crippen LogP contribution is -2.34. The maximum atomic E-state index is 14.2. The Hall–Kier alpha value is -2.51. The van der Waals surface area contributed by atoms with Crippen LogP contribution in [0.2, 0.25) is 0 Å². The number of rotatable bonds is 2. The molecule has 0 radical (unpaired) electrons. The number of aryl methyl sites for hydroxylation is 1. The van der Waals surface area contributed by atoms with Gasteiger partial charge in [0.2, 0.25) is 5.78 Å². The van der Waals surface area contributed by atoms with Crippen LogP contribution in [0, 0.1) is 5.92 Å². The van der Waals surface area contributed by atoms with Gasteiger partial charge in [-0.3, -0.25) is 4.79 Å². The lowest BCUT2D eigenvalue weighted by molar-refractivity contribution is -0.130. The second kappa shape index (κ2) is 9.80. The van der Waals surface area contributed by atoms with Gasteiger partial charge >= 0.3 is 5.97 Å². The highest BCUT2D eigenvalue weighted by atomic mass is 19.1. The average Bonchev–Trinajstić information content (AvgIpc) is 2.65. The molecule has 7 heteroatoms. The van der Waals surface area contributed by atoms with Crippen molar-refractivity contribution in [3.05, 3.63) is 46.8 Å². The van der Waals surface area contributed by atoms with Crippen LogP contribution in [-0.4, -0.2) is 45.4 Å². The van der Waals surface area contributed by atoms with Crippen molar-refractivity contribution in [1.29, 1.82) is 0 Å². The molecule has 0 bridgehead atoms. The van der Waals surface area contributed by atoms with Crippen molar-refractivity contribution in [1.82, 2.24) is 0 Å². The summed E-state index contributed by atoms with van der Waals surface area (Å²) >= 11 is 0. The third-order valence-electron chi connectivity index (χ3n) is 4.94. The van der Waals surface area contributed by atoms with Crippen LogP contribution >= 0.6 is 0 Å². The Balaban J connectivity index is 2.53. The molecule has 1 heterocycles. The fourth-order valence-electron chi connectivity index (χ4n) is 3.06. The van der Waals surface area contributed by atoms with Gasteiger partial charge in [-0.15, -0.1) is 0 Å². The standard InChI is InChI=1S/C22H27FO6/c1-4-6-14-10-15-7-5-8-17(24)21(27)20(26)16(23)9-12(2)13(3)29-22(28)19(15)18(25)11-14/h5,7,9-13,17,21,24-25,27H,4,6,8H2,1-3H3/b7-5+,16-9+/t12-,13+,17+,21+/m1/s1. The van der Waals surface area contributed by atoms with E-state index >= 15 is 0 Å². The SMILES string of the molecule is CCCc1cc(O)c2c(c1)/C=C/C[C@H](O)[C@H](O)C(=O)/C(F)=C\[C@@H](C)[C@H](C)OC2=O. The molecule has 29 heavy (non-hydrogen) atoms. The molecule has 0 saturated carbocycles. The quantitative estimate of drug-likeness (QED) is 0.652. The van der Waals surface area contributed by atoms with E-state index in [0.717, 1.165) is 18.1 Å². The number of aliphatic hydroxyl groups is 2. The molecule has 1 aromatic carbocycles. The third kappa shape index (κ3) is 5.52. The first-order valence-electron chi connectivity index (χ1n) is 9.66. The zero-order valence-corrected chi connectivity index (χ0v) is 16.8. The van der Waals surface area contributed by atoms with Gasteiger partial charge in [0, 0.05) is 5.92 Å². The maximum absolute atomic E-state index is 14.2. The normalized spacial score (nSPS) is 29.2. The van der Waals surface area contributed by atoms with Crippen LogP contribution < -0.4 is 0 Å². The number of carbonyl (C=O) groups is 2. The molecule has 0 aliphatic carbocycles. The number of cyclic esters (lactones) is 1. The van der Waals surface area contributed by atoms with E-state index in [4.69, 9.17) is 4.74 Å². The minimum absolute atomic E-state index is 0.0345. The molecule has 6 nitrogen and oxygen atoms in total. The smallest absolute Gasteiger partial charge is 0.342 e. The first-order valence-corrected chi connectivity index (χ1v) is 9.66. The number of fused-ring (bicyclic) bond motifs is 1. The lowest BCUT2D eigenvalue weighted by Gasteiger charge is -2.20. The summed E-state index contributed by atoms with van der Waals surface area (Å²) in [5, 5.41) is 30.4. The van der Waals surface area contributed by atoms with Gasteiger partial charge in [0.1, 0.15) is 23.5 Å². The van der Waals surface area contributed by atoms with Gasteiger partial charge in [0.15, 0.2) is 5.83 Å². The van der Waals surface area contributed by atoms with Crippen LogP contribution in [0.4, 0.5) is 4.39 Å². The Morgan fingerprint density at radius 2 is 1.90 bits per heavy atom. The van der Waals surface area contributed by atoms with Crippen LogP contribution in [0.25, 0.3) is 6.08 Å². The number of halogens is 1. The van der Waals surface area contributed by atoms with Crippen LogP contribution in [-0.2, 0) is 16.0 Å². The van der Waals surface area contributed by atoms with Gasteiger partial charge in [0.25, 0.3) is 0 Å². The van der Waals surface area contributed by atoms with Crippen molar-refractivity contribution in [3.63, 3.8) is 0 Å². The Morgan fingerprint density at radius 3 is 2.55 bits per heavy atom. The topological polar surface area (TPSA) is 104 Å². The number of ether oxygens (including phenoxy) is 1. The fraction of sp³-hybridized carbons (Fsp3) is 0.455. The molecular formula is C22H27FO6. The summed E-state index contributed by atoms with van der Waals surface area (Å²) in [5.41, 5.74) is 1.18. The second-order valence-electron chi connectivity index (χ2n) is 7.33. The number of hydrogen-bond donors (Lipinski definition) is 3. The summed E-state index contributed by atoms with van der Waals surface area (Å²) in [7, 11) is 0. The third-order valence-corrected chi connectivity index (χ3v) is 4.94. The number of hydrogen-bond acceptors (Lipinski definition) is 6. The summed E-state index contributed by atoms with van der Waals surface area (Å²) in [6.45, 7) is 5.06. The number of phenolic OH excluding ortho intramolecular Hbond substituents is 1. The number of Topliss-reactive ketones (excluding diaryl/α,β-unsaturated/α-hetero) is 1. The molecule has 0 aromatic heterocycles. The number of phenols is 1. The molecule has 0 spiro atoms. The van der Waals surface area contributed by atoms with E-state index < -0.39 is 41.8 Å². The lowest BCUT2D eigenvalue weighted by atomic mass is 9.97. The first-order chi connectivity index (χ1) is 13.6. The van der Waals surface area contributed by atoms with Crippen molar-refractivity contribution >= 4 is 17.8 Å². The molecule has 0 saturated heterocycles. The number of esters is 1. The zero-order chi connectivity index (χ0) is 21.7. The average molecular weight is 406 g/mol. The predicted molar refractivity (Wildman–Crippen MR) is 106 cm³/mol. The Bertz CT molecular complexity index is 829. The Morgan fingerprint density at radius 1 is 1.21 bits per heavy atom. The largest absolute Gasteiger partial charge is 0.507 e. The van der Waals surface area contributed by atoms with Crippen molar-refractivity contribution in [2.75, 3.05) is 0 Å². The zero-order valence-electron chi connectivity index (χ0n) is 16.8. The van der Waals surface area contributed by atoms with Gasteiger partial charge < -0.3 is 20.1 Å². The number of carbonyl (C=O) groups excluding carboxylic acids is 2. The molecule has 0 amide bonds. The van der Waals surface area contributed by atoms with Crippen LogP contribution in [0.3, 0.4) is 0 Å². The summed E-state index contributed by atoms with van der Waals surface area (Å²) < 4.78 is 19.5. The molecule has 0 unspecified atom stereocenters. The molecule has 3 N–H and O–H groups in total. The van der Waals surface area contributed by atoms with E-state index in [9.17, 15) is 29.3 Å². The Labute approximate surface area is 169 Å². The van der Waals surface area contributed by atoms with Gasteiger partial charge in [-0.1, -0.05) is 38.5 Å². The molecule has 4 atom stereocenters. The van der Waals surface area contributed by atoms with E-state index in [1.165, 1.54) is 25.1 Å². The predicted octanol–water partition coefficient (Wildman–Crippen LogP) is 3.09. The molecule has 2 rings (SSSR count). The van der Waals surface area contributed by atoms with Crippen LogP contribution in [0.15, 0.2) is 30.1 Å². The summed E-state index contributed by atoms with van der Waals surface area (Å²) in [6, 6.07) is 3.25. The van der Waals surface area contributed by atoms with E-state index in [2.05, 4.69) is 0 Å². The minimum Gasteiger partial charge on any atom is -0.507 e. The van der Waals surface area contributed by atoms with Crippen molar-refractivity contribution < 1.29 is 34.0 Å². The summed E-state index contributed by atoms with van der Waals surface area (Å²) in [5.74, 6) is -4.12. The second-order valence-corrected chi connectivity index (χ2v) is 7.33. The van der Waals surface area contributed by atoms with Gasteiger partial charge in [-0.05, 0) is 43.0 Å². The van der Waals surface area contributed by atoms with Gasteiger partial charge in [-0.25, -0.2) is 9.18 Å². The molecule has 1 aliphatic rings. The number of aromatic hydroxyl groups is 1. The molecule has 0 fully saturated rings. The van der Waals surface area contributed by atoms with E-state index in [-0.39, 0.29) is 17.7 Å². The number of benzene rings is 1. The number of aliphatic hydroxyl groups excluding tert-OH is 2. The van der Waals surface area contributed by atoms with Crippen molar-refractivity contribution in [3.8, 4) is 5.75 Å². The summed E-state index contributed by atoms with van der Waals surface area (Å²) in [6.07, 6.45) is 1.03. The maximum Gasteiger partial charge on any atom is 0.342 e. The van der Waals surface area contributed by atoms with Gasteiger partial charge in [-0.2, -0.15) is 0 Å². The fourth-order valence-corrected chi connectivity index (χ4v) is 3.06.